The van der Waals surface area contributed by atoms with Crippen LogP contribution in [0.3, 0.4) is 0 Å². The highest BCUT2D eigenvalue weighted by Crippen LogP contribution is 2.41. The average molecular weight is 304 g/mol. The second-order valence-corrected chi connectivity index (χ2v) is 6.04. The summed E-state index contributed by atoms with van der Waals surface area (Å²) in [6.07, 6.45) is -1.70. The fourth-order valence-corrected chi connectivity index (χ4v) is 3.33. The molecule has 21 heavy (non-hydrogen) atoms. The summed E-state index contributed by atoms with van der Waals surface area (Å²) in [6, 6.07) is 1.80. The van der Waals surface area contributed by atoms with E-state index in [-0.39, 0.29) is 24.8 Å². The molecule has 7 heteroatoms. The number of halogens is 3. The highest BCUT2D eigenvalue weighted by Gasteiger charge is 2.43. The standard InChI is InChI=1S/C14H23F3N4/c1-9-6-12(21(2)20-9)8-13(19-18)10-4-3-5-11(7-10)14(15,16)17/h6,10-11,13,19H,3-5,7-8,18H2,1-2H3. The van der Waals surface area contributed by atoms with E-state index in [1.54, 1.807) is 4.68 Å². The lowest BCUT2D eigenvalue weighted by molar-refractivity contribution is -0.186. The predicted molar refractivity (Wildman–Crippen MR) is 74.3 cm³/mol. The SMILES string of the molecule is Cc1cc(CC(NN)C2CCCC(C(F)(F)F)C2)n(C)n1. The zero-order valence-corrected chi connectivity index (χ0v) is 12.5. The number of aromatic nitrogens is 2. The molecule has 4 nitrogen and oxygen atoms in total. The summed E-state index contributed by atoms with van der Waals surface area (Å²) in [5.41, 5.74) is 4.61. The molecule has 0 spiro atoms. The molecule has 1 aromatic rings. The Bertz CT molecular complexity index is 469. The molecule has 1 saturated carbocycles. The first-order valence-corrected chi connectivity index (χ1v) is 7.33. The van der Waals surface area contributed by atoms with Crippen LogP contribution < -0.4 is 11.3 Å². The summed E-state index contributed by atoms with van der Waals surface area (Å²) < 4.78 is 40.5. The van der Waals surface area contributed by atoms with Crippen molar-refractivity contribution in [2.45, 2.75) is 51.2 Å². The molecule has 0 aliphatic heterocycles. The lowest BCUT2D eigenvalue weighted by Crippen LogP contribution is -2.45. The van der Waals surface area contributed by atoms with Gasteiger partial charge in [0.05, 0.1) is 11.6 Å². The van der Waals surface area contributed by atoms with Crippen LogP contribution >= 0.6 is 0 Å². The lowest BCUT2D eigenvalue weighted by Gasteiger charge is -2.35. The number of rotatable bonds is 4. The molecule has 0 aromatic carbocycles. The van der Waals surface area contributed by atoms with Crippen molar-refractivity contribution >= 4 is 0 Å². The van der Waals surface area contributed by atoms with Gasteiger partial charge in [-0.05, 0) is 38.2 Å². The molecule has 1 aromatic heterocycles. The van der Waals surface area contributed by atoms with Crippen molar-refractivity contribution in [3.8, 4) is 0 Å². The number of hydrogen-bond acceptors (Lipinski definition) is 3. The molecule has 3 atom stereocenters. The molecular formula is C14H23F3N4. The summed E-state index contributed by atoms with van der Waals surface area (Å²) in [6.45, 7) is 1.90. The molecule has 3 unspecified atom stereocenters. The van der Waals surface area contributed by atoms with Crippen LogP contribution in [0.2, 0.25) is 0 Å². The second kappa shape index (κ2) is 6.36. The Kier molecular flexibility index (Phi) is 4.93. The highest BCUT2D eigenvalue weighted by atomic mass is 19.4. The Hall–Kier alpha value is -1.08. The monoisotopic (exact) mass is 304 g/mol. The van der Waals surface area contributed by atoms with Crippen LogP contribution in [0.5, 0.6) is 0 Å². The van der Waals surface area contributed by atoms with Gasteiger partial charge in [-0.1, -0.05) is 6.42 Å². The first kappa shape index (κ1) is 16.3. The first-order valence-electron chi connectivity index (χ1n) is 7.33. The quantitative estimate of drug-likeness (QED) is 0.664. The predicted octanol–water partition coefficient (Wildman–Crippen LogP) is 2.47. The van der Waals surface area contributed by atoms with E-state index in [0.717, 1.165) is 17.8 Å². The van der Waals surface area contributed by atoms with Crippen LogP contribution in [0, 0.1) is 18.8 Å². The van der Waals surface area contributed by atoms with Crippen molar-refractivity contribution in [1.29, 1.82) is 0 Å². The van der Waals surface area contributed by atoms with Crippen LogP contribution in [0.1, 0.15) is 37.1 Å². The molecule has 120 valence electrons. The van der Waals surface area contributed by atoms with Gasteiger partial charge in [0.1, 0.15) is 0 Å². The third-order valence-corrected chi connectivity index (χ3v) is 4.49. The van der Waals surface area contributed by atoms with Crippen molar-refractivity contribution in [3.63, 3.8) is 0 Å². The second-order valence-electron chi connectivity index (χ2n) is 6.04. The molecule has 1 aliphatic carbocycles. The normalized spacial score (nSPS) is 25.0. The van der Waals surface area contributed by atoms with Gasteiger partial charge in [-0.2, -0.15) is 18.3 Å². The molecule has 1 fully saturated rings. The highest BCUT2D eigenvalue weighted by molar-refractivity contribution is 5.10. The fourth-order valence-electron chi connectivity index (χ4n) is 3.33. The Balaban J connectivity index is 2.05. The zero-order valence-electron chi connectivity index (χ0n) is 12.5. The number of nitrogens with zero attached hydrogens (tertiary/aromatic N) is 2. The van der Waals surface area contributed by atoms with Crippen LogP contribution in [-0.2, 0) is 13.5 Å². The molecule has 0 saturated heterocycles. The summed E-state index contributed by atoms with van der Waals surface area (Å²) in [4.78, 5) is 0. The van der Waals surface area contributed by atoms with E-state index in [1.807, 2.05) is 20.0 Å². The minimum absolute atomic E-state index is 0.0504. The van der Waals surface area contributed by atoms with E-state index < -0.39 is 12.1 Å². The van der Waals surface area contributed by atoms with Crippen LogP contribution in [0.4, 0.5) is 13.2 Å². The van der Waals surface area contributed by atoms with Crippen LogP contribution in [0.25, 0.3) is 0 Å². The van der Waals surface area contributed by atoms with E-state index in [4.69, 9.17) is 5.84 Å². The summed E-state index contributed by atoms with van der Waals surface area (Å²) in [5.74, 6) is 4.36. The molecular weight excluding hydrogens is 281 g/mol. The third-order valence-electron chi connectivity index (χ3n) is 4.49. The Labute approximate surface area is 122 Å². The van der Waals surface area contributed by atoms with Crippen molar-refractivity contribution in [3.05, 3.63) is 17.5 Å². The van der Waals surface area contributed by atoms with Gasteiger partial charge < -0.3 is 0 Å². The Morgan fingerprint density at radius 1 is 1.48 bits per heavy atom. The summed E-state index contributed by atoms with van der Waals surface area (Å²) >= 11 is 0. The van der Waals surface area contributed by atoms with Gasteiger partial charge in [-0.25, -0.2) is 0 Å². The zero-order chi connectivity index (χ0) is 15.6. The van der Waals surface area contributed by atoms with E-state index in [9.17, 15) is 13.2 Å². The number of alkyl halides is 3. The minimum Gasteiger partial charge on any atom is -0.272 e. The number of aryl methyl sites for hydroxylation is 2. The van der Waals surface area contributed by atoms with Gasteiger partial charge in [-0.3, -0.25) is 16.0 Å². The molecule has 0 radical (unpaired) electrons. The van der Waals surface area contributed by atoms with E-state index in [1.165, 1.54) is 0 Å². The maximum absolute atomic E-state index is 12.9. The van der Waals surface area contributed by atoms with Gasteiger partial charge in [0, 0.05) is 25.2 Å². The van der Waals surface area contributed by atoms with Crippen LogP contribution in [0.15, 0.2) is 6.07 Å². The summed E-state index contributed by atoms with van der Waals surface area (Å²) in [7, 11) is 1.84. The Morgan fingerprint density at radius 3 is 2.71 bits per heavy atom. The summed E-state index contributed by atoms with van der Waals surface area (Å²) in [5, 5.41) is 4.27. The first-order chi connectivity index (χ1) is 9.81. The van der Waals surface area contributed by atoms with Crippen molar-refractivity contribution in [1.82, 2.24) is 15.2 Å². The minimum atomic E-state index is -4.10. The van der Waals surface area contributed by atoms with E-state index >= 15 is 0 Å². The topological polar surface area (TPSA) is 55.9 Å². The number of hydrogen-bond donors (Lipinski definition) is 2. The van der Waals surface area contributed by atoms with Crippen molar-refractivity contribution in [2.75, 3.05) is 0 Å². The van der Waals surface area contributed by atoms with Gasteiger partial charge in [0.25, 0.3) is 0 Å². The molecule has 1 heterocycles. The Morgan fingerprint density at radius 2 is 2.19 bits per heavy atom. The third kappa shape index (κ3) is 3.97. The number of nitrogens with one attached hydrogen (secondary N) is 1. The van der Waals surface area contributed by atoms with Gasteiger partial charge in [0.2, 0.25) is 0 Å². The maximum Gasteiger partial charge on any atom is 0.391 e. The average Bonchev–Trinajstić information content (AvgIpc) is 2.73. The van der Waals surface area contributed by atoms with Gasteiger partial charge >= 0.3 is 6.18 Å². The van der Waals surface area contributed by atoms with Gasteiger partial charge in [-0.15, -0.1) is 0 Å². The van der Waals surface area contributed by atoms with Crippen LogP contribution in [-0.4, -0.2) is 22.0 Å². The lowest BCUT2D eigenvalue weighted by atomic mass is 9.76. The number of nitrogens with two attached hydrogens (primary N) is 1. The maximum atomic E-state index is 12.9. The molecule has 0 bridgehead atoms. The fraction of sp³-hybridized carbons (Fsp3) is 0.786. The molecule has 1 aliphatic rings. The smallest absolute Gasteiger partial charge is 0.272 e. The van der Waals surface area contributed by atoms with E-state index in [2.05, 4.69) is 10.5 Å². The number of hydrazine groups is 1. The largest absolute Gasteiger partial charge is 0.391 e. The molecule has 0 amide bonds. The van der Waals surface area contributed by atoms with Gasteiger partial charge in [0.15, 0.2) is 0 Å². The van der Waals surface area contributed by atoms with E-state index in [0.29, 0.717) is 12.8 Å². The van der Waals surface area contributed by atoms with Crippen molar-refractivity contribution < 1.29 is 13.2 Å². The molecule has 3 N–H and O–H groups in total. The van der Waals surface area contributed by atoms with Crippen molar-refractivity contribution in [2.24, 2.45) is 24.7 Å². The molecule has 2 rings (SSSR count).